The molecule has 0 radical (unpaired) electrons. The van der Waals surface area contributed by atoms with Gasteiger partial charge in [0.2, 0.25) is 5.88 Å². The average molecular weight is 285 g/mol. The number of nitrogens with one attached hydrogen (secondary N) is 1. The smallest absolute Gasteiger partial charge is 0.212 e. The first-order chi connectivity index (χ1) is 9.74. The van der Waals surface area contributed by atoms with Gasteiger partial charge in [0.05, 0.1) is 17.3 Å². The van der Waals surface area contributed by atoms with Crippen LogP contribution in [0.3, 0.4) is 0 Å². The van der Waals surface area contributed by atoms with Crippen molar-refractivity contribution in [1.29, 1.82) is 0 Å². The van der Waals surface area contributed by atoms with Crippen molar-refractivity contribution in [3.63, 3.8) is 0 Å². The summed E-state index contributed by atoms with van der Waals surface area (Å²) in [5.74, 6) is 0.629. The Hall–Kier alpha value is -2.14. The summed E-state index contributed by atoms with van der Waals surface area (Å²) < 4.78 is 6.24. The van der Waals surface area contributed by atoms with E-state index in [4.69, 9.17) is 4.74 Å². The number of aryl methyl sites for hydroxylation is 1. The number of benzene rings is 1. The van der Waals surface area contributed by atoms with Gasteiger partial charge in [-0.05, 0) is 30.2 Å². The van der Waals surface area contributed by atoms with Gasteiger partial charge in [-0.3, -0.25) is 0 Å². The van der Waals surface area contributed by atoms with Crippen molar-refractivity contribution >= 4 is 26.7 Å². The zero-order chi connectivity index (χ0) is 13.9. The van der Waals surface area contributed by atoms with Crippen LogP contribution in [0.1, 0.15) is 11.1 Å². The zero-order valence-corrected chi connectivity index (χ0v) is 12.2. The van der Waals surface area contributed by atoms with E-state index >= 15 is 0 Å². The third-order valence-corrected chi connectivity index (χ3v) is 3.99. The number of nitrogens with zero attached hydrogens (tertiary/aromatic N) is 2. The molecule has 0 fully saturated rings. The van der Waals surface area contributed by atoms with E-state index in [1.165, 1.54) is 10.3 Å². The maximum atomic E-state index is 5.04. The molecule has 0 unspecified atom stereocenters. The van der Waals surface area contributed by atoms with E-state index in [-0.39, 0.29) is 0 Å². The monoisotopic (exact) mass is 285 g/mol. The molecular formula is C15H15N3OS. The Morgan fingerprint density at radius 2 is 2.15 bits per heavy atom. The fraction of sp³-hybridized carbons (Fsp3) is 0.200. The van der Waals surface area contributed by atoms with Gasteiger partial charge in [-0.2, -0.15) is 0 Å². The summed E-state index contributed by atoms with van der Waals surface area (Å²) in [6.45, 7) is 2.78. The highest BCUT2D eigenvalue weighted by molar-refractivity contribution is 7.22. The third-order valence-electron chi connectivity index (χ3n) is 2.99. The molecule has 5 heteroatoms. The Balaban J connectivity index is 1.72. The van der Waals surface area contributed by atoms with Crippen LogP contribution in [-0.4, -0.2) is 17.1 Å². The second-order valence-corrected chi connectivity index (χ2v) is 5.58. The van der Waals surface area contributed by atoms with Gasteiger partial charge in [-0.1, -0.05) is 23.5 Å². The maximum absolute atomic E-state index is 5.04. The van der Waals surface area contributed by atoms with Crippen LogP contribution in [-0.2, 0) is 6.54 Å². The Morgan fingerprint density at radius 3 is 2.90 bits per heavy atom. The molecule has 20 heavy (non-hydrogen) atoms. The number of ether oxygens (including phenoxy) is 1. The summed E-state index contributed by atoms with van der Waals surface area (Å²) in [7, 11) is 1.61. The number of hydrogen-bond acceptors (Lipinski definition) is 5. The van der Waals surface area contributed by atoms with Crippen molar-refractivity contribution in [1.82, 2.24) is 9.97 Å². The number of fused-ring (bicyclic) bond motifs is 1. The second-order valence-electron chi connectivity index (χ2n) is 4.55. The molecule has 102 valence electrons. The second kappa shape index (κ2) is 5.46. The minimum absolute atomic E-state index is 0.629. The standard InChI is InChI=1S/C15H15N3OS/c1-10-3-5-13-12(7-10)18-15(20-13)17-9-11-4-6-14(19-2)16-8-11/h3-8H,9H2,1-2H3,(H,17,18). The number of rotatable bonds is 4. The fourth-order valence-electron chi connectivity index (χ4n) is 1.93. The molecule has 0 amide bonds. The number of methoxy groups -OCH3 is 1. The van der Waals surface area contributed by atoms with Gasteiger partial charge in [-0.15, -0.1) is 0 Å². The molecule has 0 aliphatic carbocycles. The molecule has 0 bridgehead atoms. The summed E-state index contributed by atoms with van der Waals surface area (Å²) in [6.07, 6.45) is 1.81. The molecule has 3 rings (SSSR count). The van der Waals surface area contributed by atoms with Crippen molar-refractivity contribution in [2.24, 2.45) is 0 Å². The van der Waals surface area contributed by atoms with Crippen LogP contribution in [0.5, 0.6) is 5.88 Å². The predicted molar refractivity (Wildman–Crippen MR) is 82.5 cm³/mol. The largest absolute Gasteiger partial charge is 0.481 e. The fourth-order valence-corrected chi connectivity index (χ4v) is 2.77. The van der Waals surface area contributed by atoms with Crippen molar-refractivity contribution in [3.05, 3.63) is 47.7 Å². The van der Waals surface area contributed by atoms with Crippen molar-refractivity contribution in [3.8, 4) is 5.88 Å². The van der Waals surface area contributed by atoms with Crippen LogP contribution in [0, 0.1) is 6.92 Å². The quantitative estimate of drug-likeness (QED) is 0.795. The van der Waals surface area contributed by atoms with Crippen LogP contribution < -0.4 is 10.1 Å². The number of pyridine rings is 1. The minimum Gasteiger partial charge on any atom is -0.481 e. The molecule has 0 aliphatic heterocycles. The highest BCUT2D eigenvalue weighted by Crippen LogP contribution is 2.26. The molecule has 1 N–H and O–H groups in total. The summed E-state index contributed by atoms with van der Waals surface area (Å²) in [4.78, 5) is 8.77. The first kappa shape index (κ1) is 12.9. The summed E-state index contributed by atoms with van der Waals surface area (Å²) in [5, 5.41) is 4.27. The van der Waals surface area contributed by atoms with Crippen LogP contribution in [0.4, 0.5) is 5.13 Å². The van der Waals surface area contributed by atoms with Gasteiger partial charge in [0.25, 0.3) is 0 Å². The highest BCUT2D eigenvalue weighted by atomic mass is 32.1. The number of anilines is 1. The third kappa shape index (κ3) is 2.72. The Labute approximate surface area is 121 Å². The van der Waals surface area contributed by atoms with Crippen molar-refractivity contribution in [2.75, 3.05) is 12.4 Å². The SMILES string of the molecule is COc1ccc(CNc2nc3cc(C)ccc3s2)cn1. The Kier molecular flexibility index (Phi) is 3.52. The van der Waals surface area contributed by atoms with Crippen molar-refractivity contribution < 1.29 is 4.74 Å². The van der Waals surface area contributed by atoms with Gasteiger partial charge in [0, 0.05) is 18.8 Å². The first-order valence-corrected chi connectivity index (χ1v) is 7.16. The lowest BCUT2D eigenvalue weighted by molar-refractivity contribution is 0.397. The minimum atomic E-state index is 0.629. The summed E-state index contributed by atoms with van der Waals surface area (Å²) in [5.41, 5.74) is 3.38. The van der Waals surface area contributed by atoms with Gasteiger partial charge >= 0.3 is 0 Å². The molecule has 2 heterocycles. The van der Waals surface area contributed by atoms with Gasteiger partial charge in [-0.25, -0.2) is 9.97 Å². The maximum Gasteiger partial charge on any atom is 0.212 e. The van der Waals surface area contributed by atoms with Crippen molar-refractivity contribution in [2.45, 2.75) is 13.5 Å². The van der Waals surface area contributed by atoms with Gasteiger partial charge in [0.15, 0.2) is 5.13 Å². The lowest BCUT2D eigenvalue weighted by Gasteiger charge is -2.03. The molecule has 4 nitrogen and oxygen atoms in total. The summed E-state index contributed by atoms with van der Waals surface area (Å²) in [6, 6.07) is 10.2. The first-order valence-electron chi connectivity index (χ1n) is 6.34. The van der Waals surface area contributed by atoms with Gasteiger partial charge in [0.1, 0.15) is 0 Å². The van der Waals surface area contributed by atoms with Crippen LogP contribution in [0.25, 0.3) is 10.2 Å². The Morgan fingerprint density at radius 1 is 1.25 bits per heavy atom. The molecule has 2 aromatic heterocycles. The Bertz CT molecular complexity index is 722. The van der Waals surface area contributed by atoms with E-state index in [2.05, 4.69) is 40.4 Å². The lowest BCUT2D eigenvalue weighted by atomic mass is 10.2. The molecule has 0 atom stereocenters. The number of aromatic nitrogens is 2. The van der Waals surface area contributed by atoms with Crippen LogP contribution in [0.15, 0.2) is 36.5 Å². The van der Waals surface area contributed by atoms with E-state index in [1.807, 2.05) is 18.3 Å². The zero-order valence-electron chi connectivity index (χ0n) is 11.4. The number of hydrogen-bond donors (Lipinski definition) is 1. The average Bonchev–Trinajstić information content (AvgIpc) is 2.87. The number of thiazole rings is 1. The molecule has 0 saturated heterocycles. The van der Waals surface area contributed by atoms with E-state index in [0.717, 1.165) is 16.2 Å². The van der Waals surface area contributed by atoms with Crippen LogP contribution >= 0.6 is 11.3 Å². The molecule has 0 spiro atoms. The normalized spacial score (nSPS) is 10.7. The van der Waals surface area contributed by atoms with E-state index in [0.29, 0.717) is 12.4 Å². The predicted octanol–water partition coefficient (Wildman–Crippen LogP) is 3.62. The molecular weight excluding hydrogens is 270 g/mol. The summed E-state index contributed by atoms with van der Waals surface area (Å²) >= 11 is 1.67. The molecule has 0 aliphatic rings. The topological polar surface area (TPSA) is 47.0 Å². The van der Waals surface area contributed by atoms with Gasteiger partial charge < -0.3 is 10.1 Å². The van der Waals surface area contributed by atoms with E-state index in [9.17, 15) is 0 Å². The van der Waals surface area contributed by atoms with E-state index in [1.54, 1.807) is 18.4 Å². The molecule has 3 aromatic rings. The van der Waals surface area contributed by atoms with Crippen LogP contribution in [0.2, 0.25) is 0 Å². The highest BCUT2D eigenvalue weighted by Gasteiger charge is 2.04. The lowest BCUT2D eigenvalue weighted by Crippen LogP contribution is -1.99. The molecule has 0 saturated carbocycles. The van der Waals surface area contributed by atoms with E-state index < -0.39 is 0 Å². The molecule has 1 aromatic carbocycles.